The van der Waals surface area contributed by atoms with Crippen molar-refractivity contribution >= 4 is 23.2 Å². The van der Waals surface area contributed by atoms with Gasteiger partial charge in [-0.1, -0.05) is 30.9 Å². The number of carbonyl (C=O) groups is 1. The first-order chi connectivity index (χ1) is 8.66. The number of nitrogens with one attached hydrogen (secondary N) is 1. The van der Waals surface area contributed by atoms with E-state index in [1.165, 1.54) is 38.3 Å². The molecule has 1 heterocycles. The number of nitrogens with zero attached hydrogens (tertiary/aromatic N) is 1. The molecule has 0 unspecified atom stereocenters. The highest BCUT2D eigenvalue weighted by atomic mass is 35.5. The predicted octanol–water partition coefficient (Wildman–Crippen LogP) is 2.63. The van der Waals surface area contributed by atoms with Crippen LogP contribution in [0.1, 0.15) is 42.6 Å². The van der Waals surface area contributed by atoms with Gasteiger partial charge < -0.3 is 11.1 Å². The van der Waals surface area contributed by atoms with Gasteiger partial charge in [-0.25, -0.2) is 4.98 Å². The number of aromatic nitrogens is 1. The molecule has 4 nitrogen and oxygen atoms in total. The fraction of sp³-hybridized carbons (Fsp3) is 0.538. The van der Waals surface area contributed by atoms with E-state index in [0.29, 0.717) is 23.2 Å². The van der Waals surface area contributed by atoms with Gasteiger partial charge in [0.05, 0.1) is 10.7 Å². The quantitative estimate of drug-likeness (QED) is 0.885. The van der Waals surface area contributed by atoms with Crippen LogP contribution < -0.4 is 11.1 Å². The van der Waals surface area contributed by atoms with E-state index in [1.807, 2.05) is 0 Å². The number of nitrogen functional groups attached to an aromatic ring is 1. The molecule has 1 aromatic rings. The minimum absolute atomic E-state index is 0.213. The van der Waals surface area contributed by atoms with Gasteiger partial charge in [-0.2, -0.15) is 0 Å². The van der Waals surface area contributed by atoms with Gasteiger partial charge in [0.2, 0.25) is 0 Å². The molecule has 0 radical (unpaired) electrons. The summed E-state index contributed by atoms with van der Waals surface area (Å²) >= 11 is 5.75. The van der Waals surface area contributed by atoms with Crippen molar-refractivity contribution in [2.45, 2.75) is 32.1 Å². The number of halogens is 1. The first kappa shape index (κ1) is 13.1. The molecule has 1 aromatic heterocycles. The molecular weight excluding hydrogens is 250 g/mol. The van der Waals surface area contributed by atoms with Gasteiger partial charge in [0.25, 0.3) is 5.91 Å². The van der Waals surface area contributed by atoms with Gasteiger partial charge in [-0.3, -0.25) is 4.79 Å². The number of rotatable bonds is 3. The molecule has 0 atom stereocenters. The molecule has 1 saturated carbocycles. The smallest absolute Gasteiger partial charge is 0.272 e. The van der Waals surface area contributed by atoms with Gasteiger partial charge in [-0.15, -0.1) is 0 Å². The molecule has 1 amide bonds. The third kappa shape index (κ3) is 3.35. The topological polar surface area (TPSA) is 68.0 Å². The maximum atomic E-state index is 11.9. The van der Waals surface area contributed by atoms with Crippen LogP contribution in [0, 0.1) is 5.92 Å². The summed E-state index contributed by atoms with van der Waals surface area (Å²) in [5.41, 5.74) is 6.31. The molecule has 0 saturated heterocycles. The molecule has 0 aromatic carbocycles. The van der Waals surface area contributed by atoms with Crippen LogP contribution in [0.2, 0.25) is 5.02 Å². The second-order valence-electron chi connectivity index (χ2n) is 4.81. The zero-order valence-electron chi connectivity index (χ0n) is 10.3. The van der Waals surface area contributed by atoms with E-state index in [0.717, 1.165) is 0 Å². The van der Waals surface area contributed by atoms with Gasteiger partial charge >= 0.3 is 0 Å². The van der Waals surface area contributed by atoms with Crippen LogP contribution in [0.15, 0.2) is 12.3 Å². The number of anilines is 1. The van der Waals surface area contributed by atoms with E-state index < -0.39 is 0 Å². The van der Waals surface area contributed by atoms with Crippen molar-refractivity contribution in [3.63, 3.8) is 0 Å². The summed E-state index contributed by atoms with van der Waals surface area (Å²) in [6.45, 7) is 0.711. The summed E-state index contributed by atoms with van der Waals surface area (Å²) in [5.74, 6) is 0.381. The third-order valence-corrected chi connectivity index (χ3v) is 3.58. The average Bonchev–Trinajstić information content (AvgIpc) is 2.37. The van der Waals surface area contributed by atoms with Crippen molar-refractivity contribution in [2.75, 3.05) is 12.3 Å². The third-order valence-electron chi connectivity index (χ3n) is 3.37. The average molecular weight is 268 g/mol. The summed E-state index contributed by atoms with van der Waals surface area (Å²) in [6, 6.07) is 1.55. The van der Waals surface area contributed by atoms with Crippen LogP contribution in [0.3, 0.4) is 0 Å². The highest BCUT2D eigenvalue weighted by molar-refractivity contribution is 6.30. The van der Waals surface area contributed by atoms with E-state index in [2.05, 4.69) is 10.3 Å². The van der Waals surface area contributed by atoms with Crippen molar-refractivity contribution in [3.8, 4) is 0 Å². The molecule has 18 heavy (non-hydrogen) atoms. The molecule has 5 heteroatoms. The van der Waals surface area contributed by atoms with Gasteiger partial charge in [0.1, 0.15) is 0 Å². The number of hydrogen-bond donors (Lipinski definition) is 2. The number of nitrogens with two attached hydrogens (primary N) is 1. The maximum absolute atomic E-state index is 11.9. The Morgan fingerprint density at radius 2 is 2.17 bits per heavy atom. The van der Waals surface area contributed by atoms with Crippen LogP contribution in [-0.4, -0.2) is 17.4 Å². The minimum atomic E-state index is -0.213. The van der Waals surface area contributed by atoms with Crippen LogP contribution in [0.25, 0.3) is 0 Å². The molecule has 1 aliphatic rings. The van der Waals surface area contributed by atoms with Gasteiger partial charge in [0.15, 0.2) is 5.69 Å². The van der Waals surface area contributed by atoms with E-state index in [4.69, 9.17) is 17.3 Å². The number of pyridine rings is 1. The summed E-state index contributed by atoms with van der Waals surface area (Å²) in [5, 5.41) is 3.35. The predicted molar refractivity (Wildman–Crippen MR) is 72.6 cm³/mol. The first-order valence-corrected chi connectivity index (χ1v) is 6.74. The zero-order chi connectivity index (χ0) is 13.0. The summed E-state index contributed by atoms with van der Waals surface area (Å²) < 4.78 is 0. The highest BCUT2D eigenvalue weighted by Gasteiger charge is 2.16. The lowest BCUT2D eigenvalue weighted by Crippen LogP contribution is -2.31. The second kappa shape index (κ2) is 6.05. The fourth-order valence-corrected chi connectivity index (χ4v) is 2.52. The molecule has 0 bridgehead atoms. The Morgan fingerprint density at radius 3 is 2.83 bits per heavy atom. The van der Waals surface area contributed by atoms with Crippen molar-refractivity contribution in [1.82, 2.24) is 10.3 Å². The molecule has 0 aliphatic heterocycles. The Labute approximate surface area is 112 Å². The molecule has 98 valence electrons. The molecule has 0 spiro atoms. The van der Waals surface area contributed by atoms with Crippen molar-refractivity contribution < 1.29 is 4.79 Å². The normalized spacial score (nSPS) is 16.5. The van der Waals surface area contributed by atoms with Crippen molar-refractivity contribution in [2.24, 2.45) is 5.92 Å². The largest absolute Gasteiger partial charge is 0.397 e. The Kier molecular flexibility index (Phi) is 4.42. The number of amides is 1. The Hall–Kier alpha value is -1.29. The van der Waals surface area contributed by atoms with Crippen LogP contribution in [0.4, 0.5) is 5.69 Å². The Balaban J connectivity index is 1.90. The SMILES string of the molecule is Nc1cc(Cl)cnc1C(=O)NCC1CCCCC1. The van der Waals surface area contributed by atoms with Crippen LogP contribution in [-0.2, 0) is 0 Å². The lowest BCUT2D eigenvalue weighted by molar-refractivity contribution is 0.0939. The maximum Gasteiger partial charge on any atom is 0.272 e. The Bertz CT molecular complexity index is 430. The zero-order valence-corrected chi connectivity index (χ0v) is 11.0. The van der Waals surface area contributed by atoms with Gasteiger partial charge in [0, 0.05) is 12.7 Å². The van der Waals surface area contributed by atoms with Crippen molar-refractivity contribution in [1.29, 1.82) is 0 Å². The summed E-state index contributed by atoms with van der Waals surface area (Å²) in [7, 11) is 0. The minimum Gasteiger partial charge on any atom is -0.397 e. The van der Waals surface area contributed by atoms with E-state index >= 15 is 0 Å². The molecule has 2 rings (SSSR count). The summed E-state index contributed by atoms with van der Waals surface area (Å²) in [6.07, 6.45) is 7.68. The molecular formula is C13H18ClN3O. The molecule has 1 fully saturated rings. The second-order valence-corrected chi connectivity index (χ2v) is 5.24. The van der Waals surface area contributed by atoms with Crippen LogP contribution in [0.5, 0.6) is 0 Å². The van der Waals surface area contributed by atoms with Gasteiger partial charge in [-0.05, 0) is 24.8 Å². The fourth-order valence-electron chi connectivity index (χ4n) is 2.36. The Morgan fingerprint density at radius 1 is 1.44 bits per heavy atom. The highest BCUT2D eigenvalue weighted by Crippen LogP contribution is 2.23. The lowest BCUT2D eigenvalue weighted by atomic mass is 9.89. The van der Waals surface area contributed by atoms with Crippen LogP contribution >= 0.6 is 11.6 Å². The number of carbonyl (C=O) groups excluding carboxylic acids is 1. The van der Waals surface area contributed by atoms with E-state index in [9.17, 15) is 4.79 Å². The summed E-state index contributed by atoms with van der Waals surface area (Å²) in [4.78, 5) is 15.9. The monoisotopic (exact) mass is 267 g/mol. The molecule has 1 aliphatic carbocycles. The lowest BCUT2D eigenvalue weighted by Gasteiger charge is -2.21. The van der Waals surface area contributed by atoms with E-state index in [-0.39, 0.29) is 11.6 Å². The standard InChI is InChI=1S/C13H18ClN3O/c14-10-6-11(15)12(16-8-10)13(18)17-7-9-4-2-1-3-5-9/h6,8-9H,1-5,7,15H2,(H,17,18). The van der Waals surface area contributed by atoms with E-state index in [1.54, 1.807) is 6.07 Å². The number of hydrogen-bond acceptors (Lipinski definition) is 3. The molecule has 3 N–H and O–H groups in total. The first-order valence-electron chi connectivity index (χ1n) is 6.36. The van der Waals surface area contributed by atoms with Crippen molar-refractivity contribution in [3.05, 3.63) is 23.0 Å².